The third kappa shape index (κ3) is 27.6. The van der Waals surface area contributed by atoms with Gasteiger partial charge < -0.3 is 4.80 Å². The van der Waals surface area contributed by atoms with Crippen LogP contribution in [0.1, 0.15) is 65.2 Å². The molecule has 0 radical (unpaired) electrons. The summed E-state index contributed by atoms with van der Waals surface area (Å²) in [6.45, 7) is 8.30. The van der Waals surface area contributed by atoms with Gasteiger partial charge in [-0.25, -0.2) is 0 Å². The van der Waals surface area contributed by atoms with Gasteiger partial charge in [0.05, 0.1) is 0 Å². The summed E-state index contributed by atoms with van der Waals surface area (Å²) >= 11 is 2.26. The van der Waals surface area contributed by atoms with E-state index >= 15 is 0 Å². The van der Waals surface area contributed by atoms with Crippen LogP contribution in [-0.2, 0) is 0 Å². The van der Waals surface area contributed by atoms with Gasteiger partial charge in [-0.3, -0.25) is 0 Å². The van der Waals surface area contributed by atoms with Crippen molar-refractivity contribution in [3.05, 3.63) is 21.9 Å². The van der Waals surface area contributed by atoms with Crippen molar-refractivity contribution < 1.29 is 4.80 Å². The lowest BCUT2D eigenvalue weighted by molar-refractivity contribution is 0.567. The highest BCUT2D eigenvalue weighted by Gasteiger charge is 2.09. The quantitative estimate of drug-likeness (QED) is 0.273. The number of hydrogen-bond donors (Lipinski definition) is 1. The Morgan fingerprint density at radius 2 is 1.37 bits per heavy atom. The number of halogens is 1. The van der Waals surface area contributed by atoms with Crippen LogP contribution in [0.15, 0.2) is 21.9 Å². The molecule has 0 rings (SSSR count). The number of allylic oxidation sites excluding steroid dienone is 2. The van der Waals surface area contributed by atoms with Gasteiger partial charge >= 0.3 is 0 Å². The molecule has 0 aliphatic rings. The predicted octanol–water partition coefficient (Wildman–Crippen LogP) is 6.37. The van der Waals surface area contributed by atoms with E-state index in [2.05, 4.69) is 52.7 Å². The Balaban J connectivity index is 0. The second kappa shape index (κ2) is 16.4. The zero-order valence-electron chi connectivity index (χ0n) is 13.3. The van der Waals surface area contributed by atoms with Gasteiger partial charge in [-0.1, -0.05) is 80.0 Å². The first-order valence-electron chi connectivity index (χ1n) is 7.63. The summed E-state index contributed by atoms with van der Waals surface area (Å²) in [5, 5.41) is 0. The number of unbranched alkanes of at least 4 members (excludes halogenated alkanes) is 6. The fraction of sp³-hybridized carbons (Fsp3) is 0.750. The van der Waals surface area contributed by atoms with Gasteiger partial charge in [0.15, 0.2) is 0 Å². The SMILES string of the molecule is CCCCC/C=C\I.CCCCC/C=C\[Si](C)(C)O. The highest BCUT2D eigenvalue weighted by molar-refractivity contribution is 14.1. The number of hydrogen-bond acceptors (Lipinski definition) is 1. The Bertz CT molecular complexity index is 219. The van der Waals surface area contributed by atoms with Crippen molar-refractivity contribution in [3.8, 4) is 0 Å². The van der Waals surface area contributed by atoms with Crippen LogP contribution in [-0.4, -0.2) is 13.1 Å². The largest absolute Gasteiger partial charge is 0.428 e. The molecule has 0 fully saturated rings. The molecule has 3 heteroatoms. The van der Waals surface area contributed by atoms with E-state index in [0.29, 0.717) is 0 Å². The maximum absolute atomic E-state index is 9.43. The van der Waals surface area contributed by atoms with Gasteiger partial charge in [0.25, 0.3) is 0 Å². The normalized spacial score (nSPS) is 11.9. The second-order valence-corrected chi connectivity index (χ2v) is 9.77. The summed E-state index contributed by atoms with van der Waals surface area (Å²) < 4.78 is 2.09. The van der Waals surface area contributed by atoms with E-state index in [1.165, 1.54) is 44.9 Å². The molecule has 19 heavy (non-hydrogen) atoms. The number of rotatable bonds is 9. The van der Waals surface area contributed by atoms with Gasteiger partial charge in [-0.2, -0.15) is 0 Å². The Morgan fingerprint density at radius 1 is 0.895 bits per heavy atom. The molecule has 0 aromatic rings. The second-order valence-electron chi connectivity index (χ2n) is 5.41. The third-order valence-electron chi connectivity index (χ3n) is 2.56. The molecule has 1 N–H and O–H groups in total. The fourth-order valence-corrected chi connectivity index (χ4v) is 2.56. The zero-order valence-corrected chi connectivity index (χ0v) is 16.4. The molecule has 0 amide bonds. The lowest BCUT2D eigenvalue weighted by Gasteiger charge is -2.05. The molecule has 0 saturated carbocycles. The smallest absolute Gasteiger partial charge is 0.206 e. The van der Waals surface area contributed by atoms with Crippen LogP contribution in [0.3, 0.4) is 0 Å². The molecule has 1 nitrogen and oxygen atoms in total. The van der Waals surface area contributed by atoms with E-state index < -0.39 is 8.32 Å². The first kappa shape index (κ1) is 21.7. The molecule has 0 aliphatic carbocycles. The standard InChI is InChI=1S/C9H20OSi.C7H13I/c1-4-5-6-7-8-9-11(2,3)10;1-2-3-4-5-6-7-8/h8-10H,4-7H2,1-3H3;6-7H,2-5H2,1H3/b9-8-;7-6-. The van der Waals surface area contributed by atoms with Crippen LogP contribution >= 0.6 is 22.6 Å². The molecule has 0 unspecified atom stereocenters. The van der Waals surface area contributed by atoms with Gasteiger partial charge in [0, 0.05) is 0 Å². The van der Waals surface area contributed by atoms with Crippen LogP contribution in [0.5, 0.6) is 0 Å². The predicted molar refractivity (Wildman–Crippen MR) is 100 cm³/mol. The Hall–Kier alpha value is 0.387. The molecule has 0 saturated heterocycles. The lowest BCUT2D eigenvalue weighted by atomic mass is 10.2. The van der Waals surface area contributed by atoms with Gasteiger partial charge in [-0.05, 0) is 42.9 Å². The van der Waals surface area contributed by atoms with E-state index in [9.17, 15) is 4.80 Å². The van der Waals surface area contributed by atoms with Gasteiger partial charge in [0.1, 0.15) is 0 Å². The molecule has 0 aromatic heterocycles. The molecule has 0 heterocycles. The fourth-order valence-electron chi connectivity index (χ4n) is 1.46. The van der Waals surface area contributed by atoms with Crippen molar-refractivity contribution in [2.45, 2.75) is 78.3 Å². The van der Waals surface area contributed by atoms with Crippen molar-refractivity contribution in [1.82, 2.24) is 0 Å². The van der Waals surface area contributed by atoms with Gasteiger partial charge in [0.2, 0.25) is 8.32 Å². The van der Waals surface area contributed by atoms with E-state index in [4.69, 9.17) is 0 Å². The monoisotopic (exact) mass is 396 g/mol. The van der Waals surface area contributed by atoms with Crippen LogP contribution < -0.4 is 0 Å². The van der Waals surface area contributed by atoms with Crippen LogP contribution in [0.2, 0.25) is 13.1 Å². The summed E-state index contributed by atoms with van der Waals surface area (Å²) in [5.74, 6) is 0. The van der Waals surface area contributed by atoms with E-state index in [1.807, 2.05) is 18.8 Å². The van der Waals surface area contributed by atoms with Crippen molar-refractivity contribution in [1.29, 1.82) is 0 Å². The molecule has 0 spiro atoms. The average molecular weight is 396 g/mol. The Labute approximate surface area is 135 Å². The van der Waals surface area contributed by atoms with Crippen molar-refractivity contribution >= 4 is 30.9 Å². The highest BCUT2D eigenvalue weighted by atomic mass is 127. The molecule has 114 valence electrons. The zero-order chi connectivity index (χ0) is 15.0. The molecule has 0 atom stereocenters. The maximum atomic E-state index is 9.43. The third-order valence-corrected chi connectivity index (χ3v) is 4.12. The van der Waals surface area contributed by atoms with Gasteiger partial charge in [-0.15, -0.1) is 0 Å². The summed E-state index contributed by atoms with van der Waals surface area (Å²) in [6, 6.07) is 0. The maximum Gasteiger partial charge on any atom is 0.206 e. The average Bonchev–Trinajstić information content (AvgIpc) is 2.34. The minimum Gasteiger partial charge on any atom is -0.428 e. The highest BCUT2D eigenvalue weighted by Crippen LogP contribution is 2.03. The minimum atomic E-state index is -1.90. The van der Waals surface area contributed by atoms with E-state index in [-0.39, 0.29) is 0 Å². The van der Waals surface area contributed by atoms with Crippen LogP contribution in [0.25, 0.3) is 0 Å². The summed E-state index contributed by atoms with van der Waals surface area (Å²) in [4.78, 5) is 9.43. The van der Waals surface area contributed by atoms with Crippen molar-refractivity contribution in [2.24, 2.45) is 0 Å². The lowest BCUT2D eigenvalue weighted by Crippen LogP contribution is -2.21. The van der Waals surface area contributed by atoms with E-state index in [1.54, 1.807) is 0 Å². The Kier molecular flexibility index (Phi) is 18.8. The minimum absolute atomic E-state index is 1.13. The summed E-state index contributed by atoms with van der Waals surface area (Å²) in [7, 11) is -1.90. The van der Waals surface area contributed by atoms with Crippen LogP contribution in [0.4, 0.5) is 0 Å². The van der Waals surface area contributed by atoms with Crippen molar-refractivity contribution in [3.63, 3.8) is 0 Å². The topological polar surface area (TPSA) is 20.2 Å². The van der Waals surface area contributed by atoms with Crippen LogP contribution in [0, 0.1) is 0 Å². The Morgan fingerprint density at radius 3 is 1.74 bits per heavy atom. The first-order chi connectivity index (χ1) is 8.97. The molecular formula is C16H33IOSi. The van der Waals surface area contributed by atoms with E-state index in [0.717, 1.165) is 6.42 Å². The molecule has 0 aliphatic heterocycles. The summed E-state index contributed by atoms with van der Waals surface area (Å²) in [5.41, 5.74) is 2.00. The summed E-state index contributed by atoms with van der Waals surface area (Å²) in [6.07, 6.45) is 14.6. The molecular weight excluding hydrogens is 363 g/mol. The molecule has 0 aromatic carbocycles. The molecule has 0 bridgehead atoms. The first-order valence-corrected chi connectivity index (χ1v) is 11.9. The van der Waals surface area contributed by atoms with Crippen molar-refractivity contribution in [2.75, 3.05) is 0 Å².